The number of ether oxygens (including phenoxy) is 2. The average Bonchev–Trinajstić information content (AvgIpc) is 2.95. The number of carbonyl (C=O) groups excluding carboxylic acids is 1. The van der Waals surface area contributed by atoms with Crippen LogP contribution in [-0.2, 0) is 15.7 Å². The Hall–Kier alpha value is -3.42. The zero-order valence-corrected chi connectivity index (χ0v) is 24.9. The number of carbonyl (C=O) groups is 1. The second-order valence-electron chi connectivity index (χ2n) is 11.2. The summed E-state index contributed by atoms with van der Waals surface area (Å²) >= 11 is 0. The van der Waals surface area contributed by atoms with Gasteiger partial charge in [0.15, 0.2) is 0 Å². The standard InChI is InChI=1S/C33H40N2O4S/c1-24-15-21-29(22-16-24)40(37)34-31(25-11-7-6-8-12-25)30-14-10-9-13-26(30)23-35(32(36)39-33(2,3)4)27-17-19-28(38-5)20-18-27/h6-8,11-12,15-23,30-31,34H,9-10,13-14H2,1-5H3/t30-,31+,40+/m1/s1. The molecule has 212 valence electrons. The molecule has 4 rings (SSSR count). The smallest absolute Gasteiger partial charge is 0.418 e. The molecular formula is C33H40N2O4S. The molecule has 7 heteroatoms. The molecule has 0 radical (unpaired) electrons. The number of nitrogens with one attached hydrogen (secondary N) is 1. The number of nitrogens with zero attached hydrogens (tertiary/aromatic N) is 1. The van der Waals surface area contributed by atoms with Crippen LogP contribution in [-0.4, -0.2) is 23.0 Å². The van der Waals surface area contributed by atoms with Gasteiger partial charge in [0.1, 0.15) is 22.3 Å². The van der Waals surface area contributed by atoms with E-state index >= 15 is 0 Å². The molecule has 0 unspecified atom stereocenters. The van der Waals surface area contributed by atoms with Crippen LogP contribution < -0.4 is 14.4 Å². The van der Waals surface area contributed by atoms with Gasteiger partial charge in [-0.2, -0.15) is 0 Å². The van der Waals surface area contributed by atoms with Crippen LogP contribution in [0.1, 0.15) is 63.6 Å². The fourth-order valence-corrected chi connectivity index (χ4v) is 6.00. The number of aryl methyl sites for hydroxylation is 1. The first kappa shape index (κ1) is 29.6. The molecule has 1 N–H and O–H groups in total. The third-order valence-corrected chi connectivity index (χ3v) is 8.14. The lowest BCUT2D eigenvalue weighted by atomic mass is 9.78. The minimum atomic E-state index is -1.41. The van der Waals surface area contributed by atoms with Gasteiger partial charge in [0.2, 0.25) is 0 Å². The Morgan fingerprint density at radius 3 is 2.30 bits per heavy atom. The Bertz CT molecular complexity index is 1320. The number of hydrogen-bond acceptors (Lipinski definition) is 4. The molecule has 0 bridgehead atoms. The van der Waals surface area contributed by atoms with E-state index in [-0.39, 0.29) is 12.0 Å². The van der Waals surface area contributed by atoms with Crippen LogP contribution in [0.5, 0.6) is 5.75 Å². The van der Waals surface area contributed by atoms with Crippen LogP contribution in [0.3, 0.4) is 0 Å². The van der Waals surface area contributed by atoms with Crippen molar-refractivity contribution in [1.82, 2.24) is 4.72 Å². The molecule has 3 aromatic carbocycles. The predicted octanol–water partition coefficient (Wildman–Crippen LogP) is 7.87. The largest absolute Gasteiger partial charge is 0.497 e. The number of amides is 1. The third kappa shape index (κ3) is 7.83. The average molecular weight is 561 g/mol. The Balaban J connectivity index is 1.73. The van der Waals surface area contributed by atoms with Crippen molar-refractivity contribution in [3.63, 3.8) is 0 Å². The van der Waals surface area contributed by atoms with Crippen molar-refractivity contribution in [1.29, 1.82) is 0 Å². The summed E-state index contributed by atoms with van der Waals surface area (Å²) in [5, 5.41) is 0. The zero-order valence-electron chi connectivity index (χ0n) is 24.1. The third-order valence-electron chi connectivity index (χ3n) is 6.97. The van der Waals surface area contributed by atoms with E-state index in [1.165, 1.54) is 0 Å². The molecule has 3 atom stereocenters. The summed E-state index contributed by atoms with van der Waals surface area (Å²) in [7, 11) is 0.208. The van der Waals surface area contributed by atoms with Gasteiger partial charge in [0, 0.05) is 12.1 Å². The number of methoxy groups -OCH3 is 1. The molecule has 40 heavy (non-hydrogen) atoms. The highest BCUT2D eigenvalue weighted by Gasteiger charge is 2.32. The van der Waals surface area contributed by atoms with Crippen LogP contribution in [0.2, 0.25) is 0 Å². The van der Waals surface area contributed by atoms with Crippen LogP contribution in [0.25, 0.3) is 0 Å². The molecule has 1 fully saturated rings. The molecule has 0 aliphatic heterocycles. The summed E-state index contributed by atoms with van der Waals surface area (Å²) < 4.78 is 28.1. The summed E-state index contributed by atoms with van der Waals surface area (Å²) in [5.41, 5.74) is 3.35. The van der Waals surface area contributed by atoms with E-state index in [2.05, 4.69) is 16.9 Å². The molecule has 0 spiro atoms. The van der Waals surface area contributed by atoms with E-state index in [0.717, 1.165) is 47.3 Å². The van der Waals surface area contributed by atoms with Gasteiger partial charge in [-0.1, -0.05) is 54.4 Å². The van der Waals surface area contributed by atoms with Gasteiger partial charge in [-0.05, 0) is 94.5 Å². The summed E-state index contributed by atoms with van der Waals surface area (Å²) in [4.78, 5) is 15.8. The SMILES string of the molecule is COc1ccc(N(C=C2CCCC[C@H]2[C@@H](N[S@@](=O)c2ccc(C)cc2)c2ccccc2)C(=O)OC(C)(C)C)cc1. The van der Waals surface area contributed by atoms with Crippen LogP contribution in [0.15, 0.2) is 95.5 Å². The Morgan fingerprint density at radius 2 is 1.68 bits per heavy atom. The second-order valence-corrected chi connectivity index (χ2v) is 12.4. The van der Waals surface area contributed by atoms with Gasteiger partial charge < -0.3 is 9.47 Å². The maximum Gasteiger partial charge on any atom is 0.418 e. The van der Waals surface area contributed by atoms with Gasteiger partial charge in [0.05, 0.1) is 23.7 Å². The number of rotatable bonds is 8. The highest BCUT2D eigenvalue weighted by Crippen LogP contribution is 2.40. The van der Waals surface area contributed by atoms with E-state index in [1.807, 2.05) is 101 Å². The minimum absolute atomic E-state index is 0.0359. The lowest BCUT2D eigenvalue weighted by Gasteiger charge is -2.35. The van der Waals surface area contributed by atoms with E-state index in [1.54, 1.807) is 12.0 Å². The van der Waals surface area contributed by atoms with Crippen molar-refractivity contribution in [2.75, 3.05) is 12.0 Å². The lowest BCUT2D eigenvalue weighted by Crippen LogP contribution is -2.36. The van der Waals surface area contributed by atoms with Crippen molar-refractivity contribution in [3.05, 3.63) is 102 Å². The fraction of sp³-hybridized carbons (Fsp3) is 0.364. The van der Waals surface area contributed by atoms with Crippen molar-refractivity contribution in [2.24, 2.45) is 5.92 Å². The maximum atomic E-state index is 13.5. The number of anilines is 1. The first-order valence-corrected chi connectivity index (χ1v) is 15.0. The maximum absolute atomic E-state index is 13.5. The van der Waals surface area contributed by atoms with Crippen LogP contribution in [0.4, 0.5) is 10.5 Å². The zero-order chi connectivity index (χ0) is 28.7. The van der Waals surface area contributed by atoms with Crippen molar-refractivity contribution < 1.29 is 18.5 Å². The van der Waals surface area contributed by atoms with Gasteiger partial charge in [-0.25, -0.2) is 13.7 Å². The van der Waals surface area contributed by atoms with E-state index in [4.69, 9.17) is 9.47 Å². The number of benzene rings is 3. The molecular weight excluding hydrogens is 520 g/mol. The molecule has 3 aromatic rings. The lowest BCUT2D eigenvalue weighted by molar-refractivity contribution is 0.0595. The molecule has 1 aliphatic rings. The van der Waals surface area contributed by atoms with Gasteiger partial charge in [-0.3, -0.25) is 4.90 Å². The predicted molar refractivity (Wildman–Crippen MR) is 162 cm³/mol. The second kappa shape index (κ2) is 13.3. The quantitative estimate of drug-likeness (QED) is 0.304. The molecule has 1 amide bonds. The minimum Gasteiger partial charge on any atom is -0.497 e. The van der Waals surface area contributed by atoms with E-state index in [0.29, 0.717) is 11.4 Å². The molecule has 0 saturated heterocycles. The van der Waals surface area contributed by atoms with Crippen molar-refractivity contribution in [2.45, 2.75) is 69.9 Å². The Morgan fingerprint density at radius 1 is 1.00 bits per heavy atom. The van der Waals surface area contributed by atoms with Crippen LogP contribution >= 0.6 is 0 Å². The van der Waals surface area contributed by atoms with Crippen molar-refractivity contribution >= 4 is 22.8 Å². The summed E-state index contributed by atoms with van der Waals surface area (Å²) in [5.74, 6) is 0.747. The summed E-state index contributed by atoms with van der Waals surface area (Å²) in [6, 6.07) is 25.1. The van der Waals surface area contributed by atoms with Crippen LogP contribution in [0, 0.1) is 12.8 Å². The van der Waals surface area contributed by atoms with E-state index < -0.39 is 22.7 Å². The molecule has 0 heterocycles. The van der Waals surface area contributed by atoms with Gasteiger partial charge >= 0.3 is 6.09 Å². The topological polar surface area (TPSA) is 67.9 Å². The highest BCUT2D eigenvalue weighted by molar-refractivity contribution is 7.83. The molecule has 0 aromatic heterocycles. The Labute approximate surface area is 241 Å². The normalized spacial score (nSPS) is 18.1. The molecule has 1 saturated carbocycles. The first-order chi connectivity index (χ1) is 19.1. The van der Waals surface area contributed by atoms with E-state index in [9.17, 15) is 9.00 Å². The van der Waals surface area contributed by atoms with Crippen molar-refractivity contribution in [3.8, 4) is 5.75 Å². The highest BCUT2D eigenvalue weighted by atomic mass is 32.2. The Kier molecular flexibility index (Phi) is 9.82. The monoisotopic (exact) mass is 560 g/mol. The molecule has 1 aliphatic carbocycles. The summed E-state index contributed by atoms with van der Waals surface area (Å²) in [6.45, 7) is 7.61. The first-order valence-electron chi connectivity index (χ1n) is 13.8. The number of hydrogen-bond donors (Lipinski definition) is 1. The molecule has 6 nitrogen and oxygen atoms in total. The fourth-order valence-electron chi connectivity index (χ4n) is 4.95. The van der Waals surface area contributed by atoms with Gasteiger partial charge in [-0.15, -0.1) is 0 Å². The summed E-state index contributed by atoms with van der Waals surface area (Å²) in [6.07, 6.45) is 5.32. The van der Waals surface area contributed by atoms with Gasteiger partial charge in [0.25, 0.3) is 0 Å².